The van der Waals surface area contributed by atoms with Gasteiger partial charge in [0.05, 0.1) is 22.1 Å². The third kappa shape index (κ3) is 1.92. The molecule has 0 spiro atoms. The fraction of sp³-hybridized carbons (Fsp3) is 0.400. The first-order valence-corrected chi connectivity index (χ1v) is 4.95. The summed E-state index contributed by atoms with van der Waals surface area (Å²) >= 11 is 0. The van der Waals surface area contributed by atoms with Crippen LogP contribution in [0.2, 0.25) is 0 Å². The lowest BCUT2D eigenvalue weighted by atomic mass is 9.69. The molecule has 1 aliphatic carbocycles. The van der Waals surface area contributed by atoms with Gasteiger partial charge in [0, 0.05) is 12.8 Å². The van der Waals surface area contributed by atoms with Gasteiger partial charge in [0.25, 0.3) is 11.6 Å². The van der Waals surface area contributed by atoms with Gasteiger partial charge in [-0.15, -0.1) is 0 Å². The second kappa shape index (κ2) is 3.64. The molecule has 0 unspecified atom stereocenters. The fourth-order valence-electron chi connectivity index (χ4n) is 2.15. The van der Waals surface area contributed by atoms with Crippen LogP contribution in [0.15, 0.2) is 12.1 Å². The Kier molecular flexibility index (Phi) is 2.58. The van der Waals surface area contributed by atoms with E-state index in [2.05, 4.69) is 0 Å². The molecule has 0 heterocycles. The zero-order valence-electron chi connectivity index (χ0n) is 8.92. The summed E-state index contributed by atoms with van der Waals surface area (Å²) < 4.78 is 51.6. The summed E-state index contributed by atoms with van der Waals surface area (Å²) in [5.41, 5.74) is 2.70. The maximum absolute atomic E-state index is 13.1. The summed E-state index contributed by atoms with van der Waals surface area (Å²) in [5.74, 6) is -5.80. The van der Waals surface area contributed by atoms with Crippen LogP contribution in [0.25, 0.3) is 0 Å². The highest BCUT2D eigenvalue weighted by molar-refractivity contribution is 5.47. The molecule has 1 fully saturated rings. The molecule has 1 aliphatic rings. The van der Waals surface area contributed by atoms with Gasteiger partial charge in [-0.05, 0) is 6.07 Å². The highest BCUT2D eigenvalue weighted by Gasteiger charge is 2.57. The van der Waals surface area contributed by atoms with Gasteiger partial charge in [-0.3, -0.25) is 10.1 Å². The van der Waals surface area contributed by atoms with E-state index in [1.807, 2.05) is 0 Å². The molecule has 0 bridgehead atoms. The first kappa shape index (κ1) is 12.7. The molecule has 0 radical (unpaired) electrons. The second-order valence-electron chi connectivity index (χ2n) is 4.41. The first-order chi connectivity index (χ1) is 8.15. The van der Waals surface area contributed by atoms with E-state index in [4.69, 9.17) is 5.73 Å². The van der Waals surface area contributed by atoms with E-state index in [0.29, 0.717) is 12.1 Å². The molecule has 18 heavy (non-hydrogen) atoms. The quantitative estimate of drug-likeness (QED) is 0.506. The van der Waals surface area contributed by atoms with Crippen molar-refractivity contribution in [3.63, 3.8) is 0 Å². The summed E-state index contributed by atoms with van der Waals surface area (Å²) in [6.07, 6.45) is -1.65. The van der Waals surface area contributed by atoms with Crippen LogP contribution in [0.1, 0.15) is 18.4 Å². The third-order valence-electron chi connectivity index (χ3n) is 2.92. The number of nitro benzene ring substituents is 1. The Labute approximate surface area is 98.5 Å². The molecule has 4 nitrogen and oxygen atoms in total. The van der Waals surface area contributed by atoms with Gasteiger partial charge in [0.1, 0.15) is 0 Å². The Morgan fingerprint density at radius 1 is 1.22 bits per heavy atom. The van der Waals surface area contributed by atoms with Gasteiger partial charge in [-0.2, -0.15) is 0 Å². The number of alkyl halides is 2. The second-order valence-corrected chi connectivity index (χ2v) is 4.41. The van der Waals surface area contributed by atoms with Crippen molar-refractivity contribution in [1.82, 2.24) is 0 Å². The van der Waals surface area contributed by atoms with E-state index < -0.39 is 52.1 Å². The monoisotopic (exact) mass is 264 g/mol. The smallest absolute Gasteiger partial charge is 0.277 e. The van der Waals surface area contributed by atoms with Crippen molar-refractivity contribution in [2.75, 3.05) is 0 Å². The van der Waals surface area contributed by atoms with Crippen LogP contribution in [0.5, 0.6) is 0 Å². The van der Waals surface area contributed by atoms with E-state index in [1.165, 1.54) is 0 Å². The van der Waals surface area contributed by atoms with E-state index in [9.17, 15) is 27.7 Å². The topological polar surface area (TPSA) is 69.2 Å². The molecule has 0 atom stereocenters. The van der Waals surface area contributed by atoms with Crippen LogP contribution >= 0.6 is 0 Å². The van der Waals surface area contributed by atoms with E-state index >= 15 is 0 Å². The Morgan fingerprint density at radius 3 is 2.17 bits per heavy atom. The molecule has 2 N–H and O–H groups in total. The lowest BCUT2D eigenvalue weighted by Gasteiger charge is -2.44. The molecule has 0 aromatic heterocycles. The molecular weight excluding hydrogens is 256 g/mol. The average molecular weight is 264 g/mol. The standard InChI is InChI=1S/C10H8F4N2O2/c11-6-1-5(8(16(17)18)2-7(6)12)9(15)3-10(13,14)4-9/h1-2H,3-4,15H2. The third-order valence-corrected chi connectivity index (χ3v) is 2.92. The Balaban J connectivity index is 2.51. The van der Waals surface area contributed by atoms with E-state index in [-0.39, 0.29) is 0 Å². The average Bonchev–Trinajstić information content (AvgIpc) is 2.17. The van der Waals surface area contributed by atoms with Crippen molar-refractivity contribution < 1.29 is 22.5 Å². The number of halogens is 4. The first-order valence-electron chi connectivity index (χ1n) is 4.95. The maximum Gasteiger partial charge on any atom is 0.277 e. The minimum atomic E-state index is -3.03. The maximum atomic E-state index is 13.1. The molecule has 0 amide bonds. The lowest BCUT2D eigenvalue weighted by Crippen LogP contribution is -2.55. The number of rotatable bonds is 2. The van der Waals surface area contributed by atoms with Crippen LogP contribution in [0.4, 0.5) is 23.2 Å². The Bertz CT molecular complexity index is 525. The number of hydrogen-bond donors (Lipinski definition) is 1. The van der Waals surface area contributed by atoms with Gasteiger partial charge >= 0.3 is 0 Å². The van der Waals surface area contributed by atoms with E-state index in [1.54, 1.807) is 0 Å². The number of hydrogen-bond acceptors (Lipinski definition) is 3. The molecule has 98 valence electrons. The van der Waals surface area contributed by atoms with E-state index in [0.717, 1.165) is 0 Å². The number of nitrogens with zero attached hydrogens (tertiary/aromatic N) is 1. The lowest BCUT2D eigenvalue weighted by molar-refractivity contribution is -0.386. The zero-order chi connectivity index (χ0) is 13.7. The van der Waals surface area contributed by atoms with Crippen molar-refractivity contribution in [1.29, 1.82) is 0 Å². The molecule has 2 rings (SSSR count). The van der Waals surface area contributed by atoms with Crippen molar-refractivity contribution in [3.8, 4) is 0 Å². The molecule has 1 saturated carbocycles. The summed E-state index contributed by atoms with van der Waals surface area (Å²) in [6.45, 7) is 0. The Hall–Kier alpha value is -1.70. The highest BCUT2D eigenvalue weighted by atomic mass is 19.3. The molecule has 0 saturated heterocycles. The highest BCUT2D eigenvalue weighted by Crippen LogP contribution is 2.52. The molecule has 8 heteroatoms. The Morgan fingerprint density at radius 2 is 1.72 bits per heavy atom. The number of benzene rings is 1. The summed E-state index contributed by atoms with van der Waals surface area (Å²) in [7, 11) is 0. The predicted octanol–water partition coefficient (Wildman–Crippen LogP) is 2.46. The van der Waals surface area contributed by atoms with Crippen molar-refractivity contribution in [2.24, 2.45) is 5.73 Å². The summed E-state index contributed by atoms with van der Waals surface area (Å²) in [6, 6.07) is 0.873. The predicted molar refractivity (Wildman–Crippen MR) is 53.1 cm³/mol. The SMILES string of the molecule is NC1(c2cc(F)c(F)cc2[N+](=O)[O-])CC(F)(F)C1. The molecule has 1 aromatic rings. The molecule has 1 aromatic carbocycles. The normalized spacial score (nSPS) is 20.3. The fourth-order valence-corrected chi connectivity index (χ4v) is 2.15. The van der Waals surface area contributed by atoms with Crippen LogP contribution in [-0.4, -0.2) is 10.8 Å². The van der Waals surface area contributed by atoms with Gasteiger partial charge in [-0.1, -0.05) is 0 Å². The van der Waals surface area contributed by atoms with Gasteiger partial charge in [-0.25, -0.2) is 17.6 Å². The van der Waals surface area contributed by atoms with Crippen LogP contribution < -0.4 is 5.73 Å². The minimum absolute atomic E-state index is 0.357. The molecular formula is C10H8F4N2O2. The van der Waals surface area contributed by atoms with Gasteiger partial charge in [0.15, 0.2) is 11.6 Å². The summed E-state index contributed by atoms with van der Waals surface area (Å²) in [5, 5.41) is 10.7. The largest absolute Gasteiger partial charge is 0.321 e. The van der Waals surface area contributed by atoms with Crippen LogP contribution in [0.3, 0.4) is 0 Å². The molecule has 0 aliphatic heterocycles. The van der Waals surface area contributed by atoms with Crippen LogP contribution in [-0.2, 0) is 5.54 Å². The zero-order valence-corrected chi connectivity index (χ0v) is 8.92. The van der Waals surface area contributed by atoms with Crippen molar-refractivity contribution >= 4 is 5.69 Å². The van der Waals surface area contributed by atoms with Crippen LogP contribution in [0, 0.1) is 21.7 Å². The number of nitro groups is 1. The van der Waals surface area contributed by atoms with Gasteiger partial charge < -0.3 is 5.73 Å². The van der Waals surface area contributed by atoms with Gasteiger partial charge in [0.2, 0.25) is 0 Å². The van der Waals surface area contributed by atoms with Crippen molar-refractivity contribution in [3.05, 3.63) is 39.4 Å². The minimum Gasteiger partial charge on any atom is -0.321 e. The van der Waals surface area contributed by atoms with Crippen molar-refractivity contribution in [2.45, 2.75) is 24.3 Å². The summed E-state index contributed by atoms with van der Waals surface area (Å²) in [4.78, 5) is 9.74. The number of nitrogens with two attached hydrogens (primary N) is 1.